The number of nitrogens with zero attached hydrogens (tertiary/aromatic N) is 2. The maximum Gasteiger partial charge on any atom is 0.319 e. The third-order valence-corrected chi connectivity index (χ3v) is 5.00. The zero-order valence-corrected chi connectivity index (χ0v) is 12.4. The Bertz CT molecular complexity index is 651. The van der Waals surface area contributed by atoms with E-state index in [1.807, 2.05) is 35.9 Å². The maximum absolute atomic E-state index is 12.2. The molecule has 1 aromatic carbocycles. The van der Waals surface area contributed by atoms with Crippen LogP contribution in [0.5, 0.6) is 0 Å². The number of carbonyl (C=O) groups is 1. The molecule has 2 rings (SSSR count). The molecule has 6 heteroatoms. The molecule has 0 radical (unpaired) electrons. The van der Waals surface area contributed by atoms with Gasteiger partial charge in [-0.3, -0.25) is 13.7 Å². The first-order valence-corrected chi connectivity index (χ1v) is 8.01. The Morgan fingerprint density at radius 3 is 2.70 bits per heavy atom. The van der Waals surface area contributed by atoms with Crippen molar-refractivity contribution in [1.29, 1.82) is 0 Å². The van der Waals surface area contributed by atoms with Gasteiger partial charge in [-0.05, 0) is 19.4 Å². The second kappa shape index (κ2) is 6.17. The summed E-state index contributed by atoms with van der Waals surface area (Å²) >= 11 is 0. The van der Waals surface area contributed by atoms with Crippen LogP contribution in [0.3, 0.4) is 0 Å². The molecule has 2 atom stereocenters. The number of para-hydroxylation sites is 1. The molecule has 0 bridgehead atoms. The minimum Gasteiger partial charge on any atom is -0.480 e. The van der Waals surface area contributed by atoms with Gasteiger partial charge in [0.15, 0.2) is 0 Å². The average molecular weight is 294 g/mol. The summed E-state index contributed by atoms with van der Waals surface area (Å²) < 4.78 is 14.1. The molecule has 20 heavy (non-hydrogen) atoms. The van der Waals surface area contributed by atoms with Gasteiger partial charge in [0.2, 0.25) is 0 Å². The summed E-state index contributed by atoms with van der Waals surface area (Å²) in [4.78, 5) is 11.1. The first-order chi connectivity index (χ1) is 9.58. The van der Waals surface area contributed by atoms with Gasteiger partial charge in [-0.2, -0.15) is 5.10 Å². The highest BCUT2D eigenvalue weighted by Crippen LogP contribution is 2.21. The molecule has 0 aliphatic carbocycles. The molecule has 0 spiro atoms. The van der Waals surface area contributed by atoms with Crippen molar-refractivity contribution >= 4 is 27.7 Å². The molecule has 108 valence electrons. The Labute approximate surface area is 120 Å². The summed E-state index contributed by atoms with van der Waals surface area (Å²) in [5, 5.41) is 13.6. The van der Waals surface area contributed by atoms with Crippen LogP contribution in [0, 0.1) is 0 Å². The minimum atomic E-state index is -1.46. The quantitative estimate of drug-likeness (QED) is 0.886. The third kappa shape index (κ3) is 2.75. The lowest BCUT2D eigenvalue weighted by Gasteiger charge is -2.08. The zero-order chi connectivity index (χ0) is 14.7. The van der Waals surface area contributed by atoms with Gasteiger partial charge in [-0.1, -0.05) is 25.1 Å². The van der Waals surface area contributed by atoms with Gasteiger partial charge in [-0.15, -0.1) is 0 Å². The SMILES string of the molecule is CCC(C(=O)O)S(=O)Cc1nn(CC)c2ccccc12. The Morgan fingerprint density at radius 2 is 2.10 bits per heavy atom. The van der Waals surface area contributed by atoms with E-state index < -0.39 is 22.0 Å². The Hall–Kier alpha value is -1.69. The normalized spacial score (nSPS) is 14.3. The van der Waals surface area contributed by atoms with E-state index in [2.05, 4.69) is 5.10 Å². The third-order valence-electron chi connectivity index (χ3n) is 3.28. The lowest BCUT2D eigenvalue weighted by molar-refractivity contribution is -0.136. The van der Waals surface area contributed by atoms with Crippen molar-refractivity contribution in [2.24, 2.45) is 0 Å². The maximum atomic E-state index is 12.2. The molecule has 0 aliphatic rings. The van der Waals surface area contributed by atoms with Gasteiger partial charge in [0.05, 0.1) is 17.0 Å². The highest BCUT2D eigenvalue weighted by molar-refractivity contribution is 7.85. The largest absolute Gasteiger partial charge is 0.480 e. The number of carboxylic acids is 1. The second-order valence-electron chi connectivity index (χ2n) is 4.54. The number of rotatable bonds is 6. The highest BCUT2D eigenvalue weighted by atomic mass is 32.2. The van der Waals surface area contributed by atoms with Crippen LogP contribution in [0.4, 0.5) is 0 Å². The van der Waals surface area contributed by atoms with E-state index in [0.29, 0.717) is 12.1 Å². The molecule has 5 nitrogen and oxygen atoms in total. The van der Waals surface area contributed by atoms with Crippen molar-refractivity contribution in [3.8, 4) is 0 Å². The van der Waals surface area contributed by atoms with E-state index in [9.17, 15) is 9.00 Å². The number of hydrogen-bond acceptors (Lipinski definition) is 3. The summed E-state index contributed by atoms with van der Waals surface area (Å²) in [6, 6.07) is 7.74. The molecule has 1 heterocycles. The smallest absolute Gasteiger partial charge is 0.319 e. The lowest BCUT2D eigenvalue weighted by atomic mass is 10.2. The van der Waals surface area contributed by atoms with Crippen molar-refractivity contribution < 1.29 is 14.1 Å². The molecule has 0 aliphatic heterocycles. The van der Waals surface area contributed by atoms with E-state index in [1.54, 1.807) is 6.92 Å². The van der Waals surface area contributed by atoms with Crippen LogP contribution in [0.15, 0.2) is 24.3 Å². The zero-order valence-electron chi connectivity index (χ0n) is 11.6. The van der Waals surface area contributed by atoms with Gasteiger partial charge >= 0.3 is 5.97 Å². The molecule has 0 saturated heterocycles. The number of fused-ring (bicyclic) bond motifs is 1. The average Bonchev–Trinajstić information content (AvgIpc) is 2.77. The molecule has 0 fully saturated rings. The fourth-order valence-corrected chi connectivity index (χ4v) is 3.53. The van der Waals surface area contributed by atoms with E-state index >= 15 is 0 Å². The molecule has 0 saturated carbocycles. The summed E-state index contributed by atoms with van der Waals surface area (Å²) in [5.41, 5.74) is 1.70. The van der Waals surface area contributed by atoms with Crippen LogP contribution in [-0.4, -0.2) is 30.3 Å². The first kappa shape index (κ1) is 14.7. The summed E-state index contributed by atoms with van der Waals surface area (Å²) in [6.07, 6.45) is 0.356. The van der Waals surface area contributed by atoms with Crippen LogP contribution in [-0.2, 0) is 27.9 Å². The van der Waals surface area contributed by atoms with Crippen molar-refractivity contribution in [2.45, 2.75) is 37.8 Å². The molecule has 2 aromatic rings. The number of aromatic nitrogens is 2. The topological polar surface area (TPSA) is 72.2 Å². The van der Waals surface area contributed by atoms with Crippen LogP contribution in [0.1, 0.15) is 26.0 Å². The van der Waals surface area contributed by atoms with Crippen molar-refractivity contribution in [3.63, 3.8) is 0 Å². The van der Waals surface area contributed by atoms with Crippen LogP contribution >= 0.6 is 0 Å². The van der Waals surface area contributed by atoms with Gasteiger partial charge in [0.1, 0.15) is 5.25 Å². The fraction of sp³-hybridized carbons (Fsp3) is 0.429. The number of aliphatic carboxylic acids is 1. The Kier molecular flexibility index (Phi) is 4.54. The van der Waals surface area contributed by atoms with Crippen LogP contribution in [0.25, 0.3) is 10.9 Å². The molecular weight excluding hydrogens is 276 g/mol. The second-order valence-corrected chi connectivity index (χ2v) is 6.16. The lowest BCUT2D eigenvalue weighted by Crippen LogP contribution is -2.25. The van der Waals surface area contributed by atoms with E-state index in [0.717, 1.165) is 17.4 Å². The summed E-state index contributed by atoms with van der Waals surface area (Å²) in [5.74, 6) is -0.830. The van der Waals surface area contributed by atoms with Crippen molar-refractivity contribution in [1.82, 2.24) is 9.78 Å². The highest BCUT2D eigenvalue weighted by Gasteiger charge is 2.24. The fourth-order valence-electron chi connectivity index (χ4n) is 2.25. The van der Waals surface area contributed by atoms with E-state index in [1.165, 1.54) is 0 Å². The molecule has 1 aromatic heterocycles. The molecule has 1 N–H and O–H groups in total. The summed E-state index contributed by atoms with van der Waals surface area (Å²) in [6.45, 7) is 4.45. The molecule has 2 unspecified atom stereocenters. The van der Waals surface area contributed by atoms with Gasteiger partial charge < -0.3 is 5.11 Å². The molecule has 0 amide bonds. The predicted octanol–water partition coefficient (Wildman–Crippen LogP) is 2.17. The number of carboxylic acid groups (broad SMARTS) is 1. The van der Waals surface area contributed by atoms with Gasteiger partial charge in [0.25, 0.3) is 0 Å². The number of aryl methyl sites for hydroxylation is 1. The summed E-state index contributed by atoms with van der Waals surface area (Å²) in [7, 11) is -1.46. The number of hydrogen-bond donors (Lipinski definition) is 1. The monoisotopic (exact) mass is 294 g/mol. The number of benzene rings is 1. The van der Waals surface area contributed by atoms with E-state index in [-0.39, 0.29) is 5.75 Å². The Balaban J connectivity index is 2.34. The molecular formula is C14H18N2O3S. The van der Waals surface area contributed by atoms with Crippen molar-refractivity contribution in [2.75, 3.05) is 0 Å². The minimum absolute atomic E-state index is 0.179. The standard InChI is InChI=1S/C14H18N2O3S/c1-3-13(14(17)18)20(19)9-11-10-7-5-6-8-12(10)16(4-2)15-11/h5-8,13H,3-4,9H2,1-2H3,(H,17,18). The van der Waals surface area contributed by atoms with Crippen LogP contribution < -0.4 is 0 Å². The first-order valence-electron chi connectivity index (χ1n) is 6.62. The van der Waals surface area contributed by atoms with E-state index in [4.69, 9.17) is 5.11 Å². The Morgan fingerprint density at radius 1 is 1.40 bits per heavy atom. The van der Waals surface area contributed by atoms with Gasteiger partial charge in [-0.25, -0.2) is 0 Å². The van der Waals surface area contributed by atoms with Crippen LogP contribution in [0.2, 0.25) is 0 Å². The van der Waals surface area contributed by atoms with Crippen molar-refractivity contribution in [3.05, 3.63) is 30.0 Å². The predicted molar refractivity (Wildman–Crippen MR) is 79.0 cm³/mol. The van der Waals surface area contributed by atoms with Gasteiger partial charge in [0, 0.05) is 22.7 Å².